The zero-order valence-electron chi connectivity index (χ0n) is 14.8. The molecule has 0 bridgehead atoms. The standard InChI is InChI=1S/C20H21FN2O2/c1-14(20(2,3)25-4)23-19(24)18-11-10-16(13-22-18)9-8-15-6-5-7-17(21)12-15/h5-7,10-14H,1-4H3,(H,23,24)/t14-/m1/s1. The van der Waals surface area contributed by atoms with Crippen LogP contribution in [0.4, 0.5) is 4.39 Å². The molecule has 0 saturated carbocycles. The molecule has 2 rings (SSSR count). The molecule has 0 aliphatic rings. The van der Waals surface area contributed by atoms with Crippen LogP contribution in [-0.4, -0.2) is 29.6 Å². The van der Waals surface area contributed by atoms with Gasteiger partial charge >= 0.3 is 0 Å². The number of nitrogens with zero attached hydrogens (tertiary/aromatic N) is 1. The monoisotopic (exact) mass is 340 g/mol. The Morgan fingerprint density at radius 3 is 2.56 bits per heavy atom. The second-order valence-electron chi connectivity index (χ2n) is 6.20. The quantitative estimate of drug-likeness (QED) is 0.870. The maximum atomic E-state index is 13.1. The molecule has 0 aliphatic heterocycles. The Balaban J connectivity index is 2.06. The smallest absolute Gasteiger partial charge is 0.270 e. The highest BCUT2D eigenvalue weighted by atomic mass is 19.1. The molecule has 1 heterocycles. The fraction of sp³-hybridized carbons (Fsp3) is 0.300. The van der Waals surface area contributed by atoms with Gasteiger partial charge in [-0.1, -0.05) is 17.9 Å². The second kappa shape index (κ2) is 7.91. The summed E-state index contributed by atoms with van der Waals surface area (Å²) in [6.45, 7) is 5.67. The Hall–Kier alpha value is -2.71. The molecule has 2 aromatic rings. The lowest BCUT2D eigenvalue weighted by molar-refractivity contribution is -0.00413. The van der Waals surface area contributed by atoms with E-state index in [1.54, 1.807) is 31.4 Å². The molecule has 0 spiro atoms. The lowest BCUT2D eigenvalue weighted by Gasteiger charge is -2.30. The van der Waals surface area contributed by atoms with Gasteiger partial charge in [-0.3, -0.25) is 4.79 Å². The van der Waals surface area contributed by atoms with Gasteiger partial charge in [0.05, 0.1) is 11.6 Å². The number of carbonyl (C=O) groups excluding carboxylic acids is 1. The number of amides is 1. The molecule has 130 valence electrons. The van der Waals surface area contributed by atoms with Gasteiger partial charge in [-0.15, -0.1) is 0 Å². The molecular formula is C20H21FN2O2. The molecule has 1 atom stereocenters. The highest BCUT2D eigenvalue weighted by Crippen LogP contribution is 2.13. The summed E-state index contributed by atoms with van der Waals surface area (Å²) in [5.41, 5.74) is 1.05. The normalized spacial score (nSPS) is 12.0. The zero-order chi connectivity index (χ0) is 18.4. The van der Waals surface area contributed by atoms with Crippen molar-refractivity contribution in [2.75, 3.05) is 7.11 Å². The molecule has 25 heavy (non-hydrogen) atoms. The van der Waals surface area contributed by atoms with Crippen LogP contribution in [0.25, 0.3) is 0 Å². The summed E-state index contributed by atoms with van der Waals surface area (Å²) in [6, 6.07) is 9.20. The van der Waals surface area contributed by atoms with Crippen LogP contribution in [0, 0.1) is 17.7 Å². The van der Waals surface area contributed by atoms with E-state index in [1.807, 2.05) is 20.8 Å². The van der Waals surface area contributed by atoms with E-state index in [1.165, 1.54) is 18.3 Å². The van der Waals surface area contributed by atoms with E-state index < -0.39 is 5.60 Å². The summed E-state index contributed by atoms with van der Waals surface area (Å²) < 4.78 is 18.5. The number of benzene rings is 1. The van der Waals surface area contributed by atoms with Crippen LogP contribution in [0.5, 0.6) is 0 Å². The van der Waals surface area contributed by atoms with Gasteiger partial charge in [0.15, 0.2) is 0 Å². The van der Waals surface area contributed by atoms with Crippen molar-refractivity contribution in [2.45, 2.75) is 32.4 Å². The van der Waals surface area contributed by atoms with E-state index >= 15 is 0 Å². The minimum absolute atomic E-state index is 0.181. The first kappa shape index (κ1) is 18.6. The van der Waals surface area contributed by atoms with Crippen molar-refractivity contribution in [2.24, 2.45) is 0 Å². The van der Waals surface area contributed by atoms with Gasteiger partial charge in [-0.05, 0) is 51.1 Å². The Kier molecular flexibility index (Phi) is 5.89. The Labute approximate surface area is 147 Å². The maximum absolute atomic E-state index is 13.1. The number of rotatable bonds is 4. The number of methoxy groups -OCH3 is 1. The summed E-state index contributed by atoms with van der Waals surface area (Å²) >= 11 is 0. The molecular weight excluding hydrogens is 319 g/mol. The third kappa shape index (κ3) is 5.13. The average Bonchev–Trinajstić information content (AvgIpc) is 2.60. The van der Waals surface area contributed by atoms with Gasteiger partial charge < -0.3 is 10.1 Å². The molecule has 0 saturated heterocycles. The first-order valence-corrected chi connectivity index (χ1v) is 7.91. The fourth-order valence-corrected chi connectivity index (χ4v) is 1.93. The van der Waals surface area contributed by atoms with Crippen molar-refractivity contribution in [1.29, 1.82) is 0 Å². The highest BCUT2D eigenvalue weighted by Gasteiger charge is 2.27. The number of nitrogens with one attached hydrogen (secondary N) is 1. The first-order chi connectivity index (χ1) is 11.8. The van der Waals surface area contributed by atoms with Crippen molar-refractivity contribution in [3.63, 3.8) is 0 Å². The molecule has 0 aliphatic carbocycles. The zero-order valence-corrected chi connectivity index (χ0v) is 14.8. The van der Waals surface area contributed by atoms with Crippen LogP contribution >= 0.6 is 0 Å². The van der Waals surface area contributed by atoms with E-state index in [4.69, 9.17) is 4.74 Å². The lowest BCUT2D eigenvalue weighted by atomic mass is 10.0. The average molecular weight is 340 g/mol. The Morgan fingerprint density at radius 2 is 1.96 bits per heavy atom. The van der Waals surface area contributed by atoms with Gasteiger partial charge in [-0.25, -0.2) is 9.37 Å². The van der Waals surface area contributed by atoms with E-state index in [2.05, 4.69) is 22.1 Å². The fourth-order valence-electron chi connectivity index (χ4n) is 1.93. The Morgan fingerprint density at radius 1 is 1.24 bits per heavy atom. The van der Waals surface area contributed by atoms with Crippen LogP contribution in [0.1, 0.15) is 42.4 Å². The van der Waals surface area contributed by atoms with Gasteiger partial charge in [-0.2, -0.15) is 0 Å². The Bertz CT molecular complexity index is 804. The number of carbonyl (C=O) groups is 1. The molecule has 1 aromatic heterocycles. The summed E-state index contributed by atoms with van der Waals surface area (Å²) in [5, 5.41) is 2.87. The molecule has 5 heteroatoms. The predicted octanol–water partition coefficient (Wildman–Crippen LogP) is 3.16. The number of ether oxygens (including phenoxy) is 1. The number of hydrogen-bond donors (Lipinski definition) is 1. The minimum Gasteiger partial charge on any atom is -0.377 e. The van der Waals surface area contributed by atoms with Crippen molar-refractivity contribution in [1.82, 2.24) is 10.3 Å². The van der Waals surface area contributed by atoms with E-state index in [-0.39, 0.29) is 17.8 Å². The van der Waals surface area contributed by atoms with Gasteiger partial charge in [0.25, 0.3) is 5.91 Å². The summed E-state index contributed by atoms with van der Waals surface area (Å²) in [6.07, 6.45) is 1.52. The number of halogens is 1. The van der Waals surface area contributed by atoms with Crippen LogP contribution in [-0.2, 0) is 4.74 Å². The second-order valence-corrected chi connectivity index (χ2v) is 6.20. The molecule has 0 radical (unpaired) electrons. The predicted molar refractivity (Wildman–Crippen MR) is 94.6 cm³/mol. The molecule has 4 nitrogen and oxygen atoms in total. The lowest BCUT2D eigenvalue weighted by Crippen LogP contribution is -2.48. The van der Waals surface area contributed by atoms with Crippen molar-refractivity contribution in [3.8, 4) is 11.8 Å². The van der Waals surface area contributed by atoms with Crippen molar-refractivity contribution >= 4 is 5.91 Å². The minimum atomic E-state index is -0.480. The van der Waals surface area contributed by atoms with E-state index in [9.17, 15) is 9.18 Å². The molecule has 1 N–H and O–H groups in total. The van der Waals surface area contributed by atoms with E-state index in [0.29, 0.717) is 16.8 Å². The molecule has 0 fully saturated rings. The molecule has 0 unspecified atom stereocenters. The summed E-state index contributed by atoms with van der Waals surface area (Å²) in [4.78, 5) is 16.4. The third-order valence-corrected chi connectivity index (χ3v) is 4.09. The number of pyridine rings is 1. The van der Waals surface area contributed by atoms with Crippen LogP contribution in [0.15, 0.2) is 42.6 Å². The van der Waals surface area contributed by atoms with Gasteiger partial charge in [0, 0.05) is 24.4 Å². The topological polar surface area (TPSA) is 51.2 Å². The van der Waals surface area contributed by atoms with Crippen LogP contribution in [0.3, 0.4) is 0 Å². The van der Waals surface area contributed by atoms with E-state index in [0.717, 1.165) is 0 Å². The van der Waals surface area contributed by atoms with Crippen LogP contribution < -0.4 is 5.32 Å². The highest BCUT2D eigenvalue weighted by molar-refractivity contribution is 5.92. The van der Waals surface area contributed by atoms with Crippen molar-refractivity contribution in [3.05, 3.63) is 65.2 Å². The van der Waals surface area contributed by atoms with Crippen molar-refractivity contribution < 1.29 is 13.9 Å². The largest absolute Gasteiger partial charge is 0.377 e. The summed E-state index contributed by atoms with van der Waals surface area (Å²) in [7, 11) is 1.60. The molecule has 1 amide bonds. The van der Waals surface area contributed by atoms with Gasteiger partial charge in [0.2, 0.25) is 0 Å². The SMILES string of the molecule is COC(C)(C)[C@@H](C)NC(=O)c1ccc(C#Cc2cccc(F)c2)cn1. The van der Waals surface area contributed by atoms with Crippen LogP contribution in [0.2, 0.25) is 0 Å². The third-order valence-electron chi connectivity index (χ3n) is 4.09. The maximum Gasteiger partial charge on any atom is 0.270 e. The molecule has 1 aromatic carbocycles. The first-order valence-electron chi connectivity index (χ1n) is 7.91. The van der Waals surface area contributed by atoms with Gasteiger partial charge in [0.1, 0.15) is 11.5 Å². The number of aromatic nitrogens is 1. The summed E-state index contributed by atoms with van der Waals surface area (Å²) in [5.74, 6) is 5.16. The number of hydrogen-bond acceptors (Lipinski definition) is 3.